The van der Waals surface area contributed by atoms with Gasteiger partial charge in [-0.05, 0) is 30.2 Å². The average molecular weight is 332 g/mol. The fourth-order valence-electron chi connectivity index (χ4n) is 2.36. The van der Waals surface area contributed by atoms with E-state index in [1.807, 2.05) is 30.3 Å². The van der Waals surface area contributed by atoms with Gasteiger partial charge in [-0.1, -0.05) is 60.2 Å². The van der Waals surface area contributed by atoms with Crippen molar-refractivity contribution in [3.8, 4) is 0 Å². The molecule has 1 amide bonds. The zero-order valence-electron chi connectivity index (χ0n) is 14.1. The minimum absolute atomic E-state index is 0.110. The highest BCUT2D eigenvalue weighted by molar-refractivity contribution is 5.91. The molecule has 3 rings (SSSR count). The van der Waals surface area contributed by atoms with Gasteiger partial charge in [0.1, 0.15) is 5.82 Å². The standard InChI is InChI=1S/C20H20N4O/c1-15-7-9-17(10-8-15)14-21-18-11-12-19(24-23-18)22-20(25)13-16-5-3-2-4-6-16/h2-12H,13-14H2,1H3,(H,21,23)(H,22,24,25). The molecule has 0 saturated carbocycles. The Bertz CT molecular complexity index is 815. The number of rotatable bonds is 6. The van der Waals surface area contributed by atoms with Gasteiger partial charge in [-0.2, -0.15) is 0 Å². The van der Waals surface area contributed by atoms with Gasteiger partial charge in [-0.3, -0.25) is 4.79 Å². The summed E-state index contributed by atoms with van der Waals surface area (Å²) in [4.78, 5) is 12.0. The highest BCUT2D eigenvalue weighted by atomic mass is 16.1. The molecule has 0 aliphatic carbocycles. The van der Waals surface area contributed by atoms with Crippen LogP contribution in [0.5, 0.6) is 0 Å². The van der Waals surface area contributed by atoms with Gasteiger partial charge in [0.05, 0.1) is 6.42 Å². The van der Waals surface area contributed by atoms with Crippen LogP contribution in [0.4, 0.5) is 11.6 Å². The molecule has 0 radical (unpaired) electrons. The summed E-state index contributed by atoms with van der Waals surface area (Å²) in [6.45, 7) is 2.74. The molecule has 3 aromatic rings. The fourth-order valence-corrected chi connectivity index (χ4v) is 2.36. The Balaban J connectivity index is 1.51. The first-order chi connectivity index (χ1) is 12.2. The Labute approximate surface area is 147 Å². The summed E-state index contributed by atoms with van der Waals surface area (Å²) >= 11 is 0. The molecular weight excluding hydrogens is 312 g/mol. The van der Waals surface area contributed by atoms with Gasteiger partial charge in [-0.15, -0.1) is 10.2 Å². The van der Waals surface area contributed by atoms with Gasteiger partial charge in [0, 0.05) is 6.54 Å². The van der Waals surface area contributed by atoms with E-state index in [1.54, 1.807) is 12.1 Å². The minimum atomic E-state index is -0.110. The average Bonchev–Trinajstić information content (AvgIpc) is 2.63. The molecule has 2 N–H and O–H groups in total. The lowest BCUT2D eigenvalue weighted by Gasteiger charge is -2.07. The van der Waals surface area contributed by atoms with Crippen LogP contribution in [0, 0.1) is 6.92 Å². The Kier molecular flexibility index (Phi) is 5.36. The second kappa shape index (κ2) is 8.06. The second-order valence-electron chi connectivity index (χ2n) is 5.85. The van der Waals surface area contributed by atoms with Gasteiger partial charge < -0.3 is 10.6 Å². The van der Waals surface area contributed by atoms with Crippen molar-refractivity contribution in [2.45, 2.75) is 19.9 Å². The predicted molar refractivity (Wildman–Crippen MR) is 99.3 cm³/mol. The number of carbonyl (C=O) groups is 1. The van der Waals surface area contributed by atoms with E-state index >= 15 is 0 Å². The van der Waals surface area contributed by atoms with Gasteiger partial charge in [0.2, 0.25) is 5.91 Å². The van der Waals surface area contributed by atoms with Crippen LogP contribution in [0.15, 0.2) is 66.7 Å². The van der Waals surface area contributed by atoms with E-state index in [9.17, 15) is 4.79 Å². The number of amides is 1. The first-order valence-corrected chi connectivity index (χ1v) is 8.16. The molecule has 25 heavy (non-hydrogen) atoms. The Morgan fingerprint density at radius 2 is 1.52 bits per heavy atom. The number of benzene rings is 2. The summed E-state index contributed by atoms with van der Waals surface area (Å²) < 4.78 is 0. The normalized spacial score (nSPS) is 10.3. The molecule has 0 unspecified atom stereocenters. The van der Waals surface area contributed by atoms with E-state index in [4.69, 9.17) is 0 Å². The lowest BCUT2D eigenvalue weighted by Crippen LogP contribution is -2.15. The molecule has 5 heteroatoms. The zero-order chi connectivity index (χ0) is 17.5. The van der Waals surface area contributed by atoms with Crippen molar-refractivity contribution in [2.75, 3.05) is 10.6 Å². The molecule has 0 saturated heterocycles. The van der Waals surface area contributed by atoms with E-state index in [2.05, 4.69) is 52.0 Å². The van der Waals surface area contributed by atoms with Crippen molar-refractivity contribution in [1.82, 2.24) is 10.2 Å². The van der Waals surface area contributed by atoms with Crippen molar-refractivity contribution in [3.05, 3.63) is 83.4 Å². The van der Waals surface area contributed by atoms with Crippen molar-refractivity contribution in [1.29, 1.82) is 0 Å². The highest BCUT2D eigenvalue weighted by Gasteiger charge is 2.05. The van der Waals surface area contributed by atoms with E-state index in [-0.39, 0.29) is 5.91 Å². The summed E-state index contributed by atoms with van der Waals surface area (Å²) in [7, 11) is 0. The van der Waals surface area contributed by atoms with Crippen LogP contribution in [0.2, 0.25) is 0 Å². The molecule has 0 aliphatic rings. The van der Waals surface area contributed by atoms with Crippen LogP contribution in [0.3, 0.4) is 0 Å². The third kappa shape index (κ3) is 5.14. The van der Waals surface area contributed by atoms with Crippen molar-refractivity contribution in [3.63, 3.8) is 0 Å². The number of hydrogen-bond acceptors (Lipinski definition) is 4. The molecule has 1 aromatic heterocycles. The van der Waals surface area contributed by atoms with Crippen LogP contribution < -0.4 is 10.6 Å². The Hall–Kier alpha value is -3.21. The molecular formula is C20H20N4O. The SMILES string of the molecule is Cc1ccc(CNc2ccc(NC(=O)Cc3ccccc3)nn2)cc1. The second-order valence-corrected chi connectivity index (χ2v) is 5.85. The number of carbonyl (C=O) groups excluding carboxylic acids is 1. The molecule has 0 fully saturated rings. The predicted octanol–water partition coefficient (Wildman–Crippen LogP) is 3.58. The maximum Gasteiger partial charge on any atom is 0.229 e. The number of nitrogens with one attached hydrogen (secondary N) is 2. The molecule has 0 atom stereocenters. The van der Waals surface area contributed by atoms with Crippen molar-refractivity contribution >= 4 is 17.5 Å². The Morgan fingerprint density at radius 3 is 2.20 bits per heavy atom. The number of hydrogen-bond donors (Lipinski definition) is 2. The van der Waals surface area contributed by atoms with Gasteiger partial charge in [-0.25, -0.2) is 0 Å². The van der Waals surface area contributed by atoms with Crippen molar-refractivity contribution < 1.29 is 4.79 Å². The maximum atomic E-state index is 12.0. The van der Waals surface area contributed by atoms with Gasteiger partial charge in [0.15, 0.2) is 5.82 Å². The number of aryl methyl sites for hydroxylation is 1. The number of anilines is 2. The summed E-state index contributed by atoms with van der Waals surface area (Å²) in [5.74, 6) is 1.00. The largest absolute Gasteiger partial charge is 0.365 e. The third-order valence-electron chi connectivity index (χ3n) is 3.73. The highest BCUT2D eigenvalue weighted by Crippen LogP contribution is 2.10. The number of nitrogens with zero attached hydrogens (tertiary/aromatic N) is 2. The van der Waals surface area contributed by atoms with E-state index in [1.165, 1.54) is 11.1 Å². The van der Waals surface area contributed by atoms with Gasteiger partial charge in [0.25, 0.3) is 0 Å². The molecule has 0 spiro atoms. The van der Waals surface area contributed by atoms with Crippen molar-refractivity contribution in [2.24, 2.45) is 0 Å². The smallest absolute Gasteiger partial charge is 0.229 e. The first kappa shape index (κ1) is 16.6. The van der Waals surface area contributed by atoms with Crippen LogP contribution >= 0.6 is 0 Å². The molecule has 2 aromatic carbocycles. The van der Waals surface area contributed by atoms with Crippen LogP contribution in [0.25, 0.3) is 0 Å². The lowest BCUT2D eigenvalue weighted by molar-refractivity contribution is -0.115. The summed E-state index contributed by atoms with van der Waals surface area (Å²) in [5.41, 5.74) is 3.37. The van der Waals surface area contributed by atoms with E-state index < -0.39 is 0 Å². The molecule has 0 bridgehead atoms. The molecule has 5 nitrogen and oxygen atoms in total. The van der Waals surface area contributed by atoms with Crippen LogP contribution in [-0.4, -0.2) is 16.1 Å². The number of aromatic nitrogens is 2. The Morgan fingerprint density at radius 1 is 0.840 bits per heavy atom. The van der Waals surface area contributed by atoms with Gasteiger partial charge >= 0.3 is 0 Å². The fraction of sp³-hybridized carbons (Fsp3) is 0.150. The first-order valence-electron chi connectivity index (χ1n) is 8.16. The summed E-state index contributed by atoms with van der Waals surface area (Å²) in [6.07, 6.45) is 0.315. The zero-order valence-corrected chi connectivity index (χ0v) is 14.1. The van der Waals surface area contributed by atoms with Crippen LogP contribution in [0.1, 0.15) is 16.7 Å². The maximum absolute atomic E-state index is 12.0. The lowest BCUT2D eigenvalue weighted by atomic mass is 10.1. The summed E-state index contributed by atoms with van der Waals surface area (Å²) in [6, 6.07) is 21.5. The third-order valence-corrected chi connectivity index (χ3v) is 3.73. The van der Waals surface area contributed by atoms with E-state index in [0.717, 1.165) is 5.56 Å². The monoisotopic (exact) mass is 332 g/mol. The molecule has 0 aliphatic heterocycles. The molecule has 126 valence electrons. The quantitative estimate of drug-likeness (QED) is 0.724. The topological polar surface area (TPSA) is 66.9 Å². The van der Waals surface area contributed by atoms with E-state index in [0.29, 0.717) is 24.6 Å². The summed E-state index contributed by atoms with van der Waals surface area (Å²) in [5, 5.41) is 14.1. The molecule has 1 heterocycles. The minimum Gasteiger partial charge on any atom is -0.365 e. The van der Waals surface area contributed by atoms with Crippen LogP contribution in [-0.2, 0) is 17.8 Å².